The van der Waals surface area contributed by atoms with Crippen molar-refractivity contribution in [3.8, 4) is 0 Å². The summed E-state index contributed by atoms with van der Waals surface area (Å²) in [6.07, 6.45) is 6.15. The lowest BCUT2D eigenvalue weighted by Crippen LogP contribution is -2.56. The Labute approximate surface area is 176 Å². The molecule has 1 saturated heterocycles. The predicted molar refractivity (Wildman–Crippen MR) is 107 cm³/mol. The molecule has 4 aliphatic carbocycles. The maximum atomic E-state index is 13.4. The second-order valence-corrected chi connectivity index (χ2v) is 11.6. The van der Waals surface area contributed by atoms with Crippen molar-refractivity contribution in [2.45, 2.75) is 37.0 Å². The summed E-state index contributed by atoms with van der Waals surface area (Å²) in [5, 5.41) is -0.207. The molecule has 0 radical (unpaired) electrons. The first kappa shape index (κ1) is 19.8. The van der Waals surface area contributed by atoms with Crippen LogP contribution in [-0.2, 0) is 14.8 Å². The van der Waals surface area contributed by atoms with Gasteiger partial charge in [-0.1, -0.05) is 11.6 Å². The van der Waals surface area contributed by atoms with E-state index in [4.69, 9.17) is 11.6 Å². The van der Waals surface area contributed by atoms with E-state index in [9.17, 15) is 17.6 Å². The first-order chi connectivity index (χ1) is 13.8. The van der Waals surface area contributed by atoms with Gasteiger partial charge in [0.2, 0.25) is 15.9 Å². The maximum Gasteiger partial charge on any atom is 0.243 e. The third-order valence-electron chi connectivity index (χ3n) is 7.59. The van der Waals surface area contributed by atoms with Gasteiger partial charge in [-0.3, -0.25) is 4.79 Å². The third-order valence-corrected chi connectivity index (χ3v) is 9.78. The minimum atomic E-state index is -3.75. The number of nitrogens with zero attached hydrogens (tertiary/aromatic N) is 2. The molecule has 0 N–H and O–H groups in total. The molecule has 1 aromatic rings. The number of piperazine rings is 1. The van der Waals surface area contributed by atoms with E-state index in [2.05, 4.69) is 0 Å². The van der Waals surface area contributed by atoms with Gasteiger partial charge in [0.1, 0.15) is 5.82 Å². The molecule has 29 heavy (non-hydrogen) atoms. The lowest BCUT2D eigenvalue weighted by atomic mass is 9.51. The van der Waals surface area contributed by atoms with Gasteiger partial charge in [0, 0.05) is 32.1 Å². The Morgan fingerprint density at radius 1 is 0.966 bits per heavy atom. The molecule has 158 valence electrons. The topological polar surface area (TPSA) is 57.7 Å². The maximum absolute atomic E-state index is 13.4. The SMILES string of the molecule is O=C(C1C2CC3CC(C2)CC1C3)N1CCN(S(=O)(=O)c2ccc(F)c(Cl)c2)CC1. The van der Waals surface area contributed by atoms with Crippen LogP contribution in [0.1, 0.15) is 32.1 Å². The van der Waals surface area contributed by atoms with E-state index >= 15 is 0 Å². The summed E-state index contributed by atoms with van der Waals surface area (Å²) < 4.78 is 40.5. The van der Waals surface area contributed by atoms with Crippen molar-refractivity contribution in [2.75, 3.05) is 26.2 Å². The van der Waals surface area contributed by atoms with Gasteiger partial charge in [0.05, 0.1) is 9.92 Å². The smallest absolute Gasteiger partial charge is 0.243 e. The highest BCUT2D eigenvalue weighted by Crippen LogP contribution is 2.56. The Morgan fingerprint density at radius 3 is 2.10 bits per heavy atom. The van der Waals surface area contributed by atoms with E-state index in [0.29, 0.717) is 24.9 Å². The van der Waals surface area contributed by atoms with Crippen molar-refractivity contribution in [2.24, 2.45) is 29.6 Å². The molecule has 8 heteroatoms. The molecule has 1 aromatic carbocycles. The van der Waals surface area contributed by atoms with Crippen LogP contribution in [-0.4, -0.2) is 49.7 Å². The molecule has 0 unspecified atom stereocenters. The van der Waals surface area contributed by atoms with Gasteiger partial charge in [-0.05, 0) is 74.0 Å². The molecule has 6 rings (SSSR count). The minimum absolute atomic E-state index is 0.00952. The van der Waals surface area contributed by atoms with Crippen molar-refractivity contribution in [3.63, 3.8) is 0 Å². The fourth-order valence-electron chi connectivity index (χ4n) is 6.47. The Morgan fingerprint density at radius 2 is 1.55 bits per heavy atom. The number of benzene rings is 1. The highest BCUT2D eigenvalue weighted by Gasteiger charge is 2.51. The van der Waals surface area contributed by atoms with Crippen molar-refractivity contribution in [1.29, 1.82) is 0 Å². The van der Waals surface area contributed by atoms with E-state index < -0.39 is 15.8 Å². The average molecular weight is 441 g/mol. The van der Waals surface area contributed by atoms with Crippen LogP contribution in [0.2, 0.25) is 5.02 Å². The van der Waals surface area contributed by atoms with Crippen LogP contribution in [0.5, 0.6) is 0 Å². The van der Waals surface area contributed by atoms with E-state index in [1.54, 1.807) is 0 Å². The molecule has 4 saturated carbocycles. The van der Waals surface area contributed by atoms with E-state index in [-0.39, 0.29) is 34.8 Å². The van der Waals surface area contributed by atoms with Crippen LogP contribution in [0.4, 0.5) is 4.39 Å². The molecular weight excluding hydrogens is 415 g/mol. The molecule has 5 nitrogen and oxygen atoms in total. The molecule has 5 aliphatic rings. The minimum Gasteiger partial charge on any atom is -0.340 e. The highest BCUT2D eigenvalue weighted by molar-refractivity contribution is 7.89. The number of halogens is 2. The van der Waals surface area contributed by atoms with E-state index in [0.717, 1.165) is 24.0 Å². The molecule has 0 atom stereocenters. The Hall–Kier alpha value is -1.18. The molecule has 0 spiro atoms. The van der Waals surface area contributed by atoms with Crippen LogP contribution >= 0.6 is 11.6 Å². The summed E-state index contributed by atoms with van der Waals surface area (Å²) in [6, 6.07) is 3.46. The van der Waals surface area contributed by atoms with Gasteiger partial charge in [-0.15, -0.1) is 0 Å². The standard InChI is InChI=1S/C21H26ClFN2O3S/c22-18-12-17(1-2-19(18)23)29(27,28)25-5-3-24(4-6-25)21(26)20-15-8-13-7-14(10-15)11-16(20)9-13/h1-2,12-16,20H,3-11H2. The van der Waals surface area contributed by atoms with E-state index in [1.807, 2.05) is 4.90 Å². The normalized spacial score (nSPS) is 34.6. The fourth-order valence-corrected chi connectivity index (χ4v) is 8.17. The van der Waals surface area contributed by atoms with Crippen LogP contribution in [0.3, 0.4) is 0 Å². The Kier molecular flexibility index (Phi) is 4.91. The summed E-state index contributed by atoms with van der Waals surface area (Å²) in [5.41, 5.74) is 0. The lowest BCUT2D eigenvalue weighted by molar-refractivity contribution is -0.150. The first-order valence-electron chi connectivity index (χ1n) is 10.6. The largest absolute Gasteiger partial charge is 0.340 e. The van der Waals surface area contributed by atoms with Gasteiger partial charge in [0.25, 0.3) is 0 Å². The van der Waals surface area contributed by atoms with Crippen LogP contribution in [0.25, 0.3) is 0 Å². The number of carbonyl (C=O) groups excluding carboxylic acids is 1. The third kappa shape index (κ3) is 3.39. The molecule has 4 bridgehead atoms. The van der Waals surface area contributed by atoms with Crippen molar-refractivity contribution in [1.82, 2.24) is 9.21 Å². The molecule has 1 aliphatic heterocycles. The van der Waals surface area contributed by atoms with Gasteiger partial charge in [-0.25, -0.2) is 12.8 Å². The van der Waals surface area contributed by atoms with Gasteiger partial charge < -0.3 is 4.90 Å². The Balaban J connectivity index is 1.25. The summed E-state index contributed by atoms with van der Waals surface area (Å²) in [5.74, 6) is 2.44. The zero-order valence-electron chi connectivity index (χ0n) is 16.3. The Bertz CT molecular complexity index is 902. The van der Waals surface area contributed by atoms with Crippen LogP contribution < -0.4 is 0 Å². The highest BCUT2D eigenvalue weighted by atomic mass is 35.5. The first-order valence-corrected chi connectivity index (χ1v) is 12.4. The second kappa shape index (κ2) is 7.20. The summed E-state index contributed by atoms with van der Waals surface area (Å²) in [4.78, 5) is 15.2. The van der Waals surface area contributed by atoms with Crippen molar-refractivity contribution < 1.29 is 17.6 Å². The van der Waals surface area contributed by atoms with Crippen molar-refractivity contribution in [3.05, 3.63) is 29.0 Å². The number of rotatable bonds is 3. The molecule has 1 heterocycles. The van der Waals surface area contributed by atoms with Gasteiger partial charge in [-0.2, -0.15) is 4.31 Å². The fraction of sp³-hybridized carbons (Fsp3) is 0.667. The number of hydrogen-bond acceptors (Lipinski definition) is 3. The quantitative estimate of drug-likeness (QED) is 0.724. The number of amides is 1. The second-order valence-electron chi connectivity index (χ2n) is 9.26. The van der Waals surface area contributed by atoms with Crippen LogP contribution in [0, 0.1) is 35.4 Å². The molecule has 5 fully saturated rings. The zero-order chi connectivity index (χ0) is 20.3. The summed E-state index contributed by atoms with van der Waals surface area (Å²) in [7, 11) is -3.75. The van der Waals surface area contributed by atoms with Crippen LogP contribution in [0.15, 0.2) is 23.1 Å². The summed E-state index contributed by atoms with van der Waals surface area (Å²) >= 11 is 5.76. The average Bonchev–Trinajstić information content (AvgIpc) is 2.69. The van der Waals surface area contributed by atoms with Gasteiger partial charge >= 0.3 is 0 Å². The summed E-state index contributed by atoms with van der Waals surface area (Å²) in [6.45, 7) is 1.35. The lowest BCUT2D eigenvalue weighted by Gasteiger charge is -2.54. The monoisotopic (exact) mass is 440 g/mol. The number of carbonyl (C=O) groups is 1. The van der Waals surface area contributed by atoms with Gasteiger partial charge in [0.15, 0.2) is 0 Å². The van der Waals surface area contributed by atoms with Crippen molar-refractivity contribution >= 4 is 27.5 Å². The zero-order valence-corrected chi connectivity index (χ0v) is 17.8. The number of hydrogen-bond donors (Lipinski definition) is 0. The molecule has 1 amide bonds. The molecule has 0 aromatic heterocycles. The predicted octanol–water partition coefficient (Wildman–Crippen LogP) is 3.38. The number of sulfonamides is 1. The molecular formula is C21H26ClFN2O3S. The van der Waals surface area contributed by atoms with E-state index in [1.165, 1.54) is 42.5 Å².